The van der Waals surface area contributed by atoms with Crippen LogP contribution in [-0.2, 0) is 0 Å². The number of furan rings is 1. The quantitative estimate of drug-likeness (QED) is 0.600. The first kappa shape index (κ1) is 8.71. The predicted molar refractivity (Wildman–Crippen MR) is 47.9 cm³/mol. The van der Waals surface area contributed by atoms with E-state index in [1.54, 1.807) is 12.3 Å². The molecule has 0 bridgehead atoms. The molecule has 0 saturated heterocycles. The second kappa shape index (κ2) is 3.85. The van der Waals surface area contributed by atoms with Crippen LogP contribution in [0.4, 0.5) is 0 Å². The normalized spacial score (nSPS) is 9.25. The summed E-state index contributed by atoms with van der Waals surface area (Å²) in [4.78, 5) is 0. The maximum absolute atomic E-state index is 5.27. The smallest absolute Gasteiger partial charge is 0.156 e. The Morgan fingerprint density at radius 3 is 2.75 bits per heavy atom. The van der Waals surface area contributed by atoms with Crippen molar-refractivity contribution in [1.82, 2.24) is 10.2 Å². The van der Waals surface area contributed by atoms with Crippen LogP contribution in [0.25, 0.3) is 11.1 Å². The fourth-order valence-corrected chi connectivity index (χ4v) is 0.913. The highest BCUT2D eigenvalue weighted by Gasteiger charge is 1.98. The minimum Gasteiger partial charge on any atom is -0.460 e. The average Bonchev–Trinajstić information content (AvgIpc) is 2.48. The third-order valence-corrected chi connectivity index (χ3v) is 1.32. The molecule has 0 aliphatic heterocycles. The summed E-state index contributed by atoms with van der Waals surface area (Å²) in [7, 11) is 0. The molecule has 0 aromatic carbocycles. The second-order valence-electron chi connectivity index (χ2n) is 2.14. The van der Waals surface area contributed by atoms with E-state index in [1.807, 2.05) is 26.8 Å². The zero-order valence-electron chi connectivity index (χ0n) is 7.53. The molecule has 12 heavy (non-hydrogen) atoms. The SMILES string of the molecule is CC.Cc1cc2nnccc2o1. The maximum Gasteiger partial charge on any atom is 0.156 e. The Morgan fingerprint density at radius 2 is 2.08 bits per heavy atom. The highest BCUT2D eigenvalue weighted by molar-refractivity contribution is 5.71. The summed E-state index contributed by atoms with van der Waals surface area (Å²) in [6.45, 7) is 5.89. The molecule has 0 atom stereocenters. The molecule has 3 heteroatoms. The molecular weight excluding hydrogens is 152 g/mol. The van der Waals surface area contributed by atoms with Gasteiger partial charge >= 0.3 is 0 Å². The van der Waals surface area contributed by atoms with Crippen LogP contribution in [0.15, 0.2) is 22.7 Å². The van der Waals surface area contributed by atoms with E-state index in [-0.39, 0.29) is 0 Å². The van der Waals surface area contributed by atoms with E-state index >= 15 is 0 Å². The number of rotatable bonds is 0. The van der Waals surface area contributed by atoms with Crippen LogP contribution in [0.3, 0.4) is 0 Å². The third kappa shape index (κ3) is 1.61. The van der Waals surface area contributed by atoms with E-state index in [2.05, 4.69) is 10.2 Å². The molecule has 0 N–H and O–H groups in total. The minimum absolute atomic E-state index is 0.799. The van der Waals surface area contributed by atoms with Gasteiger partial charge in [-0.05, 0) is 6.92 Å². The van der Waals surface area contributed by atoms with Crippen molar-refractivity contribution in [2.24, 2.45) is 0 Å². The molecule has 2 heterocycles. The van der Waals surface area contributed by atoms with E-state index in [0.717, 1.165) is 16.9 Å². The molecule has 0 radical (unpaired) electrons. The van der Waals surface area contributed by atoms with E-state index in [1.165, 1.54) is 0 Å². The summed E-state index contributed by atoms with van der Waals surface area (Å²) in [5.74, 6) is 0.871. The van der Waals surface area contributed by atoms with E-state index in [0.29, 0.717) is 0 Å². The summed E-state index contributed by atoms with van der Waals surface area (Å²) >= 11 is 0. The summed E-state index contributed by atoms with van der Waals surface area (Å²) in [6.07, 6.45) is 1.62. The van der Waals surface area contributed by atoms with Crippen LogP contribution >= 0.6 is 0 Å². The fraction of sp³-hybridized carbons (Fsp3) is 0.333. The van der Waals surface area contributed by atoms with Crippen molar-refractivity contribution in [2.45, 2.75) is 20.8 Å². The van der Waals surface area contributed by atoms with Gasteiger partial charge in [0.1, 0.15) is 11.3 Å². The lowest BCUT2D eigenvalue weighted by Gasteiger charge is -1.80. The van der Waals surface area contributed by atoms with Gasteiger partial charge in [0.25, 0.3) is 0 Å². The third-order valence-electron chi connectivity index (χ3n) is 1.32. The van der Waals surface area contributed by atoms with Crippen LogP contribution in [0.1, 0.15) is 19.6 Å². The van der Waals surface area contributed by atoms with Gasteiger partial charge in [0.05, 0.1) is 6.20 Å². The van der Waals surface area contributed by atoms with Gasteiger partial charge in [0.2, 0.25) is 0 Å². The first-order valence-electron chi connectivity index (χ1n) is 4.04. The van der Waals surface area contributed by atoms with Crippen molar-refractivity contribution in [3.63, 3.8) is 0 Å². The van der Waals surface area contributed by atoms with E-state index in [4.69, 9.17) is 4.42 Å². The zero-order valence-corrected chi connectivity index (χ0v) is 7.53. The molecule has 64 valence electrons. The molecule has 0 saturated carbocycles. The van der Waals surface area contributed by atoms with Gasteiger partial charge in [-0.2, -0.15) is 5.10 Å². The Labute approximate surface area is 71.4 Å². The number of nitrogens with zero attached hydrogens (tertiary/aromatic N) is 2. The molecule has 0 spiro atoms. The lowest BCUT2D eigenvalue weighted by Crippen LogP contribution is -1.75. The average molecular weight is 164 g/mol. The van der Waals surface area contributed by atoms with Gasteiger partial charge in [-0.15, -0.1) is 5.10 Å². The van der Waals surface area contributed by atoms with Gasteiger partial charge in [-0.1, -0.05) is 13.8 Å². The predicted octanol–water partition coefficient (Wildman–Crippen LogP) is 2.56. The Kier molecular flexibility index (Phi) is 2.80. The number of fused-ring (bicyclic) bond motifs is 1. The second-order valence-corrected chi connectivity index (χ2v) is 2.14. The Bertz CT molecular complexity index is 321. The largest absolute Gasteiger partial charge is 0.460 e. The summed E-state index contributed by atoms with van der Waals surface area (Å²) < 4.78 is 5.27. The lowest BCUT2D eigenvalue weighted by atomic mass is 10.4. The first-order chi connectivity index (χ1) is 5.86. The van der Waals surface area contributed by atoms with Gasteiger partial charge in [0.15, 0.2) is 5.58 Å². The molecular formula is C9H12N2O. The van der Waals surface area contributed by atoms with Crippen LogP contribution in [-0.4, -0.2) is 10.2 Å². The molecule has 0 aliphatic rings. The summed E-state index contributed by atoms with van der Waals surface area (Å²) in [6, 6.07) is 3.66. The van der Waals surface area contributed by atoms with Crippen molar-refractivity contribution >= 4 is 11.1 Å². The first-order valence-corrected chi connectivity index (χ1v) is 4.04. The van der Waals surface area contributed by atoms with Gasteiger partial charge < -0.3 is 4.42 Å². The van der Waals surface area contributed by atoms with Crippen molar-refractivity contribution in [3.05, 3.63) is 24.1 Å². The fourth-order valence-electron chi connectivity index (χ4n) is 0.913. The summed E-state index contributed by atoms with van der Waals surface area (Å²) in [5, 5.41) is 7.57. The Morgan fingerprint density at radius 1 is 1.33 bits per heavy atom. The number of aromatic nitrogens is 2. The van der Waals surface area contributed by atoms with Crippen LogP contribution < -0.4 is 0 Å². The standard InChI is InChI=1S/C7H6N2O.C2H6/c1-5-4-6-7(10-5)2-3-8-9-6;1-2/h2-4H,1H3;1-2H3. The van der Waals surface area contributed by atoms with Gasteiger partial charge in [0, 0.05) is 12.1 Å². The lowest BCUT2D eigenvalue weighted by molar-refractivity contribution is 0.578. The van der Waals surface area contributed by atoms with E-state index < -0.39 is 0 Å². The molecule has 0 amide bonds. The van der Waals surface area contributed by atoms with Crippen molar-refractivity contribution in [3.8, 4) is 0 Å². The van der Waals surface area contributed by atoms with Crippen molar-refractivity contribution < 1.29 is 4.42 Å². The van der Waals surface area contributed by atoms with Crippen LogP contribution in [0.2, 0.25) is 0 Å². The van der Waals surface area contributed by atoms with Crippen LogP contribution in [0, 0.1) is 6.92 Å². The van der Waals surface area contributed by atoms with Gasteiger partial charge in [-0.3, -0.25) is 0 Å². The molecule has 0 aliphatic carbocycles. The molecule has 2 aromatic rings. The Hall–Kier alpha value is -1.38. The highest BCUT2D eigenvalue weighted by atomic mass is 16.3. The zero-order chi connectivity index (χ0) is 8.97. The van der Waals surface area contributed by atoms with E-state index in [9.17, 15) is 0 Å². The number of hydrogen-bond donors (Lipinski definition) is 0. The minimum atomic E-state index is 0.799. The van der Waals surface area contributed by atoms with Crippen molar-refractivity contribution in [2.75, 3.05) is 0 Å². The molecule has 2 rings (SSSR count). The topological polar surface area (TPSA) is 38.9 Å². The maximum atomic E-state index is 5.27. The molecule has 0 fully saturated rings. The monoisotopic (exact) mass is 164 g/mol. The molecule has 0 unspecified atom stereocenters. The molecule has 2 aromatic heterocycles. The van der Waals surface area contributed by atoms with Crippen LogP contribution in [0.5, 0.6) is 0 Å². The van der Waals surface area contributed by atoms with Gasteiger partial charge in [-0.25, -0.2) is 0 Å². The Balaban J connectivity index is 0.000000336. The van der Waals surface area contributed by atoms with Crippen molar-refractivity contribution in [1.29, 1.82) is 0 Å². The highest BCUT2D eigenvalue weighted by Crippen LogP contribution is 2.13. The number of hydrogen-bond acceptors (Lipinski definition) is 3. The molecule has 3 nitrogen and oxygen atoms in total. The number of aryl methyl sites for hydroxylation is 1. The summed E-state index contributed by atoms with van der Waals surface area (Å²) in [5.41, 5.74) is 1.62.